The van der Waals surface area contributed by atoms with Crippen molar-refractivity contribution in [3.8, 4) is 0 Å². The Labute approximate surface area is 142 Å². The molecule has 0 aliphatic rings. The summed E-state index contributed by atoms with van der Waals surface area (Å²) in [5.41, 5.74) is 6.38. The second kappa shape index (κ2) is 11.9. The average Bonchev–Trinajstić information content (AvgIpc) is 2.56. The van der Waals surface area contributed by atoms with Crippen LogP contribution in [0.5, 0.6) is 0 Å². The smallest absolute Gasteiger partial charge is 0.308 e. The van der Waals surface area contributed by atoms with Crippen molar-refractivity contribution < 1.29 is 18.3 Å². The number of benzene rings is 1. The van der Waals surface area contributed by atoms with Gasteiger partial charge in [0.15, 0.2) is 11.6 Å². The third kappa shape index (κ3) is 7.36. The van der Waals surface area contributed by atoms with Crippen LogP contribution in [0.4, 0.5) is 8.78 Å². The minimum Gasteiger partial charge on any atom is -0.466 e. The van der Waals surface area contributed by atoms with Crippen molar-refractivity contribution in [2.24, 2.45) is 5.92 Å². The van der Waals surface area contributed by atoms with Gasteiger partial charge in [-0.15, -0.1) is 0 Å². The van der Waals surface area contributed by atoms with E-state index >= 15 is 0 Å². The lowest BCUT2D eigenvalue weighted by Crippen LogP contribution is -2.34. The third-order valence-corrected chi connectivity index (χ3v) is 3.79. The van der Waals surface area contributed by atoms with E-state index in [1.807, 2.05) is 6.92 Å². The van der Waals surface area contributed by atoms with Crippen molar-refractivity contribution in [3.63, 3.8) is 0 Å². The zero-order valence-electron chi connectivity index (χ0n) is 14.5. The SMILES string of the molecule is CCC[C@@H](CCCNNCCc1cccc(F)c1F)C(=O)OCC. The lowest BCUT2D eigenvalue weighted by molar-refractivity contribution is -0.148. The minimum atomic E-state index is -0.818. The molecular weight excluding hydrogens is 314 g/mol. The van der Waals surface area contributed by atoms with Crippen LogP contribution in [0.15, 0.2) is 18.2 Å². The van der Waals surface area contributed by atoms with Crippen molar-refractivity contribution in [2.75, 3.05) is 19.7 Å². The van der Waals surface area contributed by atoms with Gasteiger partial charge in [0.05, 0.1) is 12.5 Å². The fourth-order valence-electron chi connectivity index (χ4n) is 2.54. The second-order valence-corrected chi connectivity index (χ2v) is 5.70. The number of esters is 1. The predicted octanol–water partition coefficient (Wildman–Crippen LogP) is 3.36. The van der Waals surface area contributed by atoms with Crippen molar-refractivity contribution in [1.82, 2.24) is 10.9 Å². The predicted molar refractivity (Wildman–Crippen MR) is 90.3 cm³/mol. The molecule has 4 nitrogen and oxygen atoms in total. The molecule has 0 spiro atoms. The van der Waals surface area contributed by atoms with Gasteiger partial charge in [0.2, 0.25) is 0 Å². The maximum atomic E-state index is 13.5. The van der Waals surface area contributed by atoms with E-state index in [2.05, 4.69) is 17.8 Å². The Morgan fingerprint density at radius 3 is 2.62 bits per heavy atom. The summed E-state index contributed by atoms with van der Waals surface area (Å²) in [6, 6.07) is 4.19. The summed E-state index contributed by atoms with van der Waals surface area (Å²) in [6.07, 6.45) is 3.81. The Balaban J connectivity index is 2.17. The number of hydrogen-bond donors (Lipinski definition) is 2. The van der Waals surface area contributed by atoms with E-state index in [0.717, 1.165) is 31.7 Å². The van der Waals surface area contributed by atoms with Crippen LogP contribution in [0, 0.1) is 17.6 Å². The normalized spacial score (nSPS) is 12.2. The summed E-state index contributed by atoms with van der Waals surface area (Å²) in [6.45, 7) is 5.47. The zero-order valence-corrected chi connectivity index (χ0v) is 14.5. The largest absolute Gasteiger partial charge is 0.466 e. The van der Waals surface area contributed by atoms with Crippen molar-refractivity contribution in [2.45, 2.75) is 46.0 Å². The molecule has 24 heavy (non-hydrogen) atoms. The molecule has 0 saturated carbocycles. The van der Waals surface area contributed by atoms with Crippen LogP contribution >= 0.6 is 0 Å². The summed E-state index contributed by atoms with van der Waals surface area (Å²) < 4.78 is 31.6. The Kier molecular flexibility index (Phi) is 10.2. The van der Waals surface area contributed by atoms with Gasteiger partial charge in [0, 0.05) is 13.1 Å². The third-order valence-electron chi connectivity index (χ3n) is 3.79. The lowest BCUT2D eigenvalue weighted by atomic mass is 9.98. The van der Waals surface area contributed by atoms with Gasteiger partial charge in [-0.05, 0) is 44.2 Å². The topological polar surface area (TPSA) is 50.4 Å². The number of hydrazine groups is 1. The molecule has 0 unspecified atom stereocenters. The fraction of sp³-hybridized carbons (Fsp3) is 0.611. The van der Waals surface area contributed by atoms with Crippen LogP contribution in [0.2, 0.25) is 0 Å². The fourth-order valence-corrected chi connectivity index (χ4v) is 2.54. The molecule has 0 bridgehead atoms. The van der Waals surface area contributed by atoms with E-state index in [4.69, 9.17) is 4.74 Å². The summed E-state index contributed by atoms with van der Waals surface area (Å²) in [5, 5.41) is 0. The maximum Gasteiger partial charge on any atom is 0.308 e. The summed E-state index contributed by atoms with van der Waals surface area (Å²) >= 11 is 0. The van der Waals surface area contributed by atoms with E-state index < -0.39 is 11.6 Å². The molecule has 0 fully saturated rings. The molecule has 0 aromatic heterocycles. The van der Waals surface area contributed by atoms with E-state index in [-0.39, 0.29) is 11.9 Å². The molecule has 0 saturated heterocycles. The van der Waals surface area contributed by atoms with Crippen LogP contribution in [-0.2, 0) is 16.0 Å². The molecule has 0 radical (unpaired) electrons. The highest BCUT2D eigenvalue weighted by atomic mass is 19.2. The van der Waals surface area contributed by atoms with Gasteiger partial charge >= 0.3 is 5.97 Å². The Hall–Kier alpha value is -1.53. The molecule has 6 heteroatoms. The van der Waals surface area contributed by atoms with Crippen LogP contribution in [-0.4, -0.2) is 25.7 Å². The van der Waals surface area contributed by atoms with Crippen molar-refractivity contribution in [3.05, 3.63) is 35.4 Å². The quantitative estimate of drug-likeness (QED) is 0.347. The first kappa shape index (κ1) is 20.5. The molecule has 0 heterocycles. The van der Waals surface area contributed by atoms with Crippen LogP contribution < -0.4 is 10.9 Å². The number of rotatable bonds is 12. The van der Waals surface area contributed by atoms with Crippen LogP contribution in [0.25, 0.3) is 0 Å². The first-order chi connectivity index (χ1) is 11.6. The first-order valence-electron chi connectivity index (χ1n) is 8.65. The zero-order chi connectivity index (χ0) is 17.8. The molecule has 136 valence electrons. The van der Waals surface area contributed by atoms with Gasteiger partial charge in [-0.3, -0.25) is 15.6 Å². The van der Waals surface area contributed by atoms with Gasteiger partial charge in [-0.2, -0.15) is 0 Å². The Morgan fingerprint density at radius 1 is 1.17 bits per heavy atom. The van der Waals surface area contributed by atoms with Crippen molar-refractivity contribution >= 4 is 5.97 Å². The molecule has 0 aliphatic carbocycles. The molecule has 1 aromatic carbocycles. The number of carbonyl (C=O) groups is 1. The molecule has 2 N–H and O–H groups in total. The molecular formula is C18H28F2N2O2. The second-order valence-electron chi connectivity index (χ2n) is 5.70. The number of ether oxygens (including phenoxy) is 1. The van der Waals surface area contributed by atoms with E-state index in [1.165, 1.54) is 6.07 Å². The number of carbonyl (C=O) groups excluding carboxylic acids is 1. The van der Waals surface area contributed by atoms with Gasteiger partial charge in [-0.1, -0.05) is 25.5 Å². The summed E-state index contributed by atoms with van der Waals surface area (Å²) in [5.74, 6) is -1.76. The molecule has 0 amide bonds. The molecule has 1 aromatic rings. The van der Waals surface area contributed by atoms with Crippen LogP contribution in [0.1, 0.15) is 45.1 Å². The summed E-state index contributed by atoms with van der Waals surface area (Å²) in [4.78, 5) is 11.8. The van der Waals surface area contributed by atoms with E-state index in [9.17, 15) is 13.6 Å². The maximum absolute atomic E-state index is 13.5. The molecule has 1 rings (SSSR count). The van der Waals surface area contributed by atoms with Crippen molar-refractivity contribution in [1.29, 1.82) is 0 Å². The Morgan fingerprint density at radius 2 is 1.92 bits per heavy atom. The van der Waals surface area contributed by atoms with Gasteiger partial charge in [0.25, 0.3) is 0 Å². The lowest BCUT2D eigenvalue weighted by Gasteiger charge is -2.15. The van der Waals surface area contributed by atoms with Gasteiger partial charge in [-0.25, -0.2) is 8.78 Å². The first-order valence-corrected chi connectivity index (χ1v) is 8.65. The molecule has 1 atom stereocenters. The number of halogens is 2. The summed E-state index contributed by atoms with van der Waals surface area (Å²) in [7, 11) is 0. The van der Waals surface area contributed by atoms with Crippen LogP contribution in [0.3, 0.4) is 0 Å². The van der Waals surface area contributed by atoms with E-state index in [1.54, 1.807) is 6.07 Å². The van der Waals surface area contributed by atoms with Gasteiger partial charge < -0.3 is 4.74 Å². The standard InChI is InChI=1S/C18H28F2N2O2/c1-3-7-15(18(23)24-4-2)9-6-12-21-22-13-11-14-8-5-10-16(19)17(14)20/h5,8,10,15,21-22H,3-4,6-7,9,11-13H2,1-2H3/t15-/m0/s1. The van der Waals surface area contributed by atoms with E-state index in [0.29, 0.717) is 31.7 Å². The number of hydrogen-bond acceptors (Lipinski definition) is 4. The molecule has 0 aliphatic heterocycles. The average molecular weight is 342 g/mol. The highest BCUT2D eigenvalue weighted by molar-refractivity contribution is 5.72. The van der Waals surface area contributed by atoms with Gasteiger partial charge in [0.1, 0.15) is 0 Å². The number of nitrogens with one attached hydrogen (secondary N) is 2. The Bertz CT molecular complexity index is 498. The highest BCUT2D eigenvalue weighted by Gasteiger charge is 2.17. The highest BCUT2D eigenvalue weighted by Crippen LogP contribution is 2.15. The monoisotopic (exact) mass is 342 g/mol. The minimum absolute atomic E-state index is 0.0434.